The Kier molecular flexibility index (Phi) is 6.85. The third kappa shape index (κ3) is 3.70. The maximum atomic E-state index is 13.2. The van der Waals surface area contributed by atoms with E-state index in [0.29, 0.717) is 23.8 Å². The molecule has 4 aliphatic rings. The second kappa shape index (κ2) is 9.01. The zero-order valence-corrected chi connectivity index (χ0v) is 22.5. The molecular formula is C26H32Cl2O5S. The second-order valence-electron chi connectivity index (χ2n) is 10.8. The number of halogens is 2. The molecular weight excluding hydrogens is 495 g/mol. The van der Waals surface area contributed by atoms with Crippen LogP contribution in [0.5, 0.6) is 0 Å². The maximum absolute atomic E-state index is 13.2. The van der Waals surface area contributed by atoms with Crippen LogP contribution in [0.3, 0.4) is 0 Å². The largest absolute Gasteiger partial charge is 0.472 e. The molecule has 0 bridgehead atoms. The Morgan fingerprint density at radius 3 is 2.44 bits per heavy atom. The summed E-state index contributed by atoms with van der Waals surface area (Å²) in [6.45, 7) is 5.93. The lowest BCUT2D eigenvalue weighted by atomic mass is 9.48. The molecule has 34 heavy (non-hydrogen) atoms. The number of Topliss-reactive ketones (excluding diaryl/α,β-unsaturated/α-hetero) is 2. The summed E-state index contributed by atoms with van der Waals surface area (Å²) >= 11 is 18.8. The number of ketones is 2. The van der Waals surface area contributed by atoms with Gasteiger partial charge in [0.05, 0.1) is 18.6 Å². The summed E-state index contributed by atoms with van der Waals surface area (Å²) in [5, 5.41) is 1.13. The van der Waals surface area contributed by atoms with Gasteiger partial charge in [0.1, 0.15) is 0 Å². The van der Waals surface area contributed by atoms with E-state index in [1.807, 2.05) is 0 Å². The average molecular weight is 528 g/mol. The molecule has 0 aliphatic heterocycles. The minimum absolute atomic E-state index is 0.0274. The Hall–Kier alpha value is -1.24. The molecule has 6 atom stereocenters. The highest BCUT2D eigenvalue weighted by Crippen LogP contribution is 2.68. The minimum Gasteiger partial charge on any atom is -0.472 e. The third-order valence-corrected chi connectivity index (χ3v) is 10.4. The van der Waals surface area contributed by atoms with Crippen LogP contribution >= 0.6 is 35.4 Å². The van der Waals surface area contributed by atoms with E-state index in [1.165, 1.54) is 7.11 Å². The molecule has 2 fully saturated rings. The van der Waals surface area contributed by atoms with E-state index in [0.717, 1.165) is 31.3 Å². The molecule has 0 aromatic rings. The molecule has 4 aliphatic carbocycles. The predicted molar refractivity (Wildman–Crippen MR) is 135 cm³/mol. The van der Waals surface area contributed by atoms with E-state index in [9.17, 15) is 14.4 Å². The van der Waals surface area contributed by atoms with Crippen LogP contribution in [0, 0.1) is 28.6 Å². The van der Waals surface area contributed by atoms with E-state index < -0.39 is 11.0 Å². The van der Waals surface area contributed by atoms with Crippen molar-refractivity contribution in [1.82, 2.24) is 0 Å². The first-order chi connectivity index (χ1) is 15.9. The number of hydrogen-bond acceptors (Lipinski definition) is 6. The van der Waals surface area contributed by atoms with Crippen molar-refractivity contribution < 1.29 is 23.9 Å². The van der Waals surface area contributed by atoms with Crippen LogP contribution in [0.25, 0.3) is 0 Å². The normalized spacial score (nSPS) is 38.9. The Morgan fingerprint density at radius 1 is 1.12 bits per heavy atom. The summed E-state index contributed by atoms with van der Waals surface area (Å²) in [6.07, 6.45) is 6.70. The van der Waals surface area contributed by atoms with Crippen molar-refractivity contribution in [2.45, 2.75) is 77.7 Å². The topological polar surface area (TPSA) is 69.7 Å². The molecule has 0 saturated heterocycles. The Balaban J connectivity index is 1.68. The van der Waals surface area contributed by atoms with Crippen molar-refractivity contribution in [2.75, 3.05) is 7.11 Å². The quantitative estimate of drug-likeness (QED) is 0.320. The zero-order valence-electron chi connectivity index (χ0n) is 20.2. The van der Waals surface area contributed by atoms with E-state index in [1.54, 1.807) is 6.92 Å². The molecule has 4 rings (SSSR count). The molecule has 0 radical (unpaired) electrons. The van der Waals surface area contributed by atoms with Gasteiger partial charge < -0.3 is 9.47 Å². The van der Waals surface area contributed by atoms with Crippen LogP contribution in [-0.4, -0.2) is 35.3 Å². The number of esters is 1. The molecule has 5 nitrogen and oxygen atoms in total. The van der Waals surface area contributed by atoms with Gasteiger partial charge in [-0.05, 0) is 80.0 Å². The molecule has 186 valence electrons. The molecule has 0 spiro atoms. The Morgan fingerprint density at radius 2 is 1.79 bits per heavy atom. The lowest BCUT2D eigenvalue weighted by Crippen LogP contribution is -2.58. The summed E-state index contributed by atoms with van der Waals surface area (Å²) in [7, 11) is 1.34. The lowest BCUT2D eigenvalue weighted by molar-refractivity contribution is -0.153. The number of carbonyl (C=O) groups excluding carboxylic acids is 3. The van der Waals surface area contributed by atoms with E-state index in [2.05, 4.69) is 19.9 Å². The number of ether oxygens (including phenoxy) is 2. The van der Waals surface area contributed by atoms with Gasteiger partial charge in [0.15, 0.2) is 22.2 Å². The maximum Gasteiger partial charge on any atom is 0.305 e. The van der Waals surface area contributed by atoms with Crippen molar-refractivity contribution in [1.29, 1.82) is 0 Å². The van der Waals surface area contributed by atoms with Gasteiger partial charge in [-0.25, -0.2) is 0 Å². The molecule has 0 heterocycles. The Bertz CT molecular complexity index is 1020. The van der Waals surface area contributed by atoms with Crippen LogP contribution in [0.4, 0.5) is 0 Å². The number of hydrogen-bond donors (Lipinski definition) is 0. The van der Waals surface area contributed by atoms with Crippen LogP contribution in [0.1, 0.15) is 72.1 Å². The molecule has 0 amide bonds. The molecule has 0 N–H and O–H groups in total. The first-order valence-electron chi connectivity index (χ1n) is 12.0. The minimum atomic E-state index is -1.02. The molecule has 0 unspecified atom stereocenters. The van der Waals surface area contributed by atoms with Crippen LogP contribution < -0.4 is 0 Å². The van der Waals surface area contributed by atoms with Gasteiger partial charge in [0.25, 0.3) is 0 Å². The summed E-state index contributed by atoms with van der Waals surface area (Å²) < 4.78 is 11.1. The van der Waals surface area contributed by atoms with E-state index in [-0.39, 0.29) is 57.7 Å². The average Bonchev–Trinajstić information content (AvgIpc) is 3.08. The van der Waals surface area contributed by atoms with Gasteiger partial charge in [0, 0.05) is 23.3 Å². The summed E-state index contributed by atoms with van der Waals surface area (Å²) in [4.78, 5) is 37.1. The number of rotatable bonds is 5. The highest BCUT2D eigenvalue weighted by atomic mass is 35.5. The van der Waals surface area contributed by atoms with Crippen molar-refractivity contribution in [3.8, 4) is 0 Å². The third-order valence-electron chi connectivity index (χ3n) is 9.37. The SMILES string of the molecule is COC(=O)CCC(=S)O[C@]1(C(C)=O)CC[C@H]2[C@@H]3C=C(Cl)C4=C(Cl)C(=O)CC[C@]4(C)[C@H]3CC[C@@]21C. The van der Waals surface area contributed by atoms with E-state index in [4.69, 9.17) is 44.9 Å². The number of fused-ring (bicyclic) bond motifs is 5. The van der Waals surface area contributed by atoms with Crippen molar-refractivity contribution in [3.05, 3.63) is 21.7 Å². The summed E-state index contributed by atoms with van der Waals surface area (Å²) in [5.41, 5.74) is -0.906. The molecule has 8 heteroatoms. The standard InChI is InChI=1S/C26H32Cl2O5S/c1-14(29)26(33-21(34)6-5-20(31)32-4)12-8-17-15-13-18(27)22-23(28)19(30)9-10-24(22,2)16(15)7-11-25(17,26)3/h13,15-17H,5-12H2,1-4H3/t15-,16+,17+,24-,25+,26+/m1/s1. The van der Waals surface area contributed by atoms with Crippen molar-refractivity contribution in [3.63, 3.8) is 0 Å². The first-order valence-corrected chi connectivity index (χ1v) is 13.2. The zero-order chi connectivity index (χ0) is 25.1. The highest BCUT2D eigenvalue weighted by Gasteiger charge is 2.67. The predicted octanol–water partition coefficient (Wildman–Crippen LogP) is 6.05. The van der Waals surface area contributed by atoms with Gasteiger partial charge in [-0.3, -0.25) is 14.4 Å². The second-order valence-corrected chi connectivity index (χ2v) is 12.0. The molecule has 0 aromatic carbocycles. The summed E-state index contributed by atoms with van der Waals surface area (Å²) in [5.74, 6) is 0.209. The number of thiocarbonyl (C=S) groups is 1. The van der Waals surface area contributed by atoms with Crippen LogP contribution in [0.15, 0.2) is 21.7 Å². The van der Waals surface area contributed by atoms with Gasteiger partial charge in [-0.2, -0.15) is 0 Å². The van der Waals surface area contributed by atoms with Crippen molar-refractivity contribution >= 4 is 58.0 Å². The van der Waals surface area contributed by atoms with Crippen molar-refractivity contribution in [2.24, 2.45) is 28.6 Å². The fraction of sp³-hybridized carbons (Fsp3) is 0.692. The number of allylic oxidation sites excluding steroid dienone is 4. The van der Waals surface area contributed by atoms with Crippen LogP contribution in [0.2, 0.25) is 0 Å². The van der Waals surface area contributed by atoms with E-state index >= 15 is 0 Å². The van der Waals surface area contributed by atoms with Gasteiger partial charge in [-0.15, -0.1) is 0 Å². The monoisotopic (exact) mass is 526 g/mol. The fourth-order valence-corrected chi connectivity index (χ4v) is 8.70. The molecule has 0 aromatic heterocycles. The van der Waals surface area contributed by atoms with Gasteiger partial charge >= 0.3 is 5.97 Å². The van der Waals surface area contributed by atoms with Gasteiger partial charge in [0.2, 0.25) is 0 Å². The number of methoxy groups -OCH3 is 1. The Labute approximate surface area is 216 Å². The summed E-state index contributed by atoms with van der Waals surface area (Å²) in [6, 6.07) is 0. The smallest absolute Gasteiger partial charge is 0.305 e. The highest BCUT2D eigenvalue weighted by molar-refractivity contribution is 7.80. The number of carbonyl (C=O) groups is 3. The first kappa shape index (κ1) is 25.8. The van der Waals surface area contributed by atoms with Gasteiger partial charge in [-0.1, -0.05) is 43.1 Å². The molecule has 2 saturated carbocycles. The fourth-order valence-electron chi connectivity index (χ4n) is 7.54. The van der Waals surface area contributed by atoms with Crippen LogP contribution in [-0.2, 0) is 23.9 Å². The lowest BCUT2D eigenvalue weighted by Gasteiger charge is -2.58.